The Morgan fingerprint density at radius 1 is 1.53 bits per heavy atom. The van der Waals surface area contributed by atoms with E-state index in [9.17, 15) is 22.4 Å². The molecular formula is C11H12F4N2O2. The number of halogens is 4. The molecule has 2 rings (SSSR count). The second kappa shape index (κ2) is 4.21. The summed E-state index contributed by atoms with van der Waals surface area (Å²) in [5.74, 6) is -7.11. The summed E-state index contributed by atoms with van der Waals surface area (Å²) in [7, 11) is 0. The number of carboxylic acid groups (broad SMARTS) is 1. The van der Waals surface area contributed by atoms with Gasteiger partial charge in [-0.2, -0.15) is 8.78 Å². The number of hydrogen-bond acceptors (Lipinski definition) is 3. The molecule has 2 aliphatic rings. The van der Waals surface area contributed by atoms with Crippen molar-refractivity contribution in [3.05, 3.63) is 11.3 Å². The van der Waals surface area contributed by atoms with E-state index in [0.717, 1.165) is 0 Å². The van der Waals surface area contributed by atoms with Crippen LogP contribution >= 0.6 is 0 Å². The Labute approximate surface area is 106 Å². The molecule has 0 aliphatic heterocycles. The first-order valence-electron chi connectivity index (χ1n) is 5.62. The van der Waals surface area contributed by atoms with Crippen LogP contribution in [0.5, 0.6) is 0 Å². The normalized spacial score (nSPS) is 36.5. The third-order valence-electron chi connectivity index (χ3n) is 3.62. The van der Waals surface area contributed by atoms with Crippen LogP contribution in [0.4, 0.5) is 17.6 Å². The van der Waals surface area contributed by atoms with Crippen molar-refractivity contribution in [2.24, 2.45) is 28.5 Å². The molecule has 0 aromatic heterocycles. The topological polar surface area (TPSA) is 75.7 Å². The lowest BCUT2D eigenvalue weighted by Crippen LogP contribution is -2.32. The van der Waals surface area contributed by atoms with Crippen molar-refractivity contribution in [2.75, 3.05) is 6.54 Å². The monoisotopic (exact) mass is 280 g/mol. The highest BCUT2D eigenvalue weighted by Crippen LogP contribution is 2.65. The van der Waals surface area contributed by atoms with E-state index < -0.39 is 54.0 Å². The smallest absolute Gasteiger partial charge is 0.325 e. The minimum absolute atomic E-state index is 0.362. The molecule has 19 heavy (non-hydrogen) atoms. The number of nitrogens with zero attached hydrogens (tertiary/aromatic N) is 1. The second-order valence-corrected chi connectivity index (χ2v) is 4.76. The van der Waals surface area contributed by atoms with Crippen molar-refractivity contribution in [1.82, 2.24) is 0 Å². The van der Waals surface area contributed by atoms with Gasteiger partial charge in [-0.05, 0) is 5.92 Å². The van der Waals surface area contributed by atoms with E-state index >= 15 is 0 Å². The summed E-state index contributed by atoms with van der Waals surface area (Å²) >= 11 is 0. The molecule has 0 amide bonds. The van der Waals surface area contributed by atoms with Crippen molar-refractivity contribution in [3.8, 4) is 0 Å². The molecule has 2 fully saturated rings. The third kappa shape index (κ3) is 1.98. The molecule has 0 spiro atoms. The van der Waals surface area contributed by atoms with Crippen LogP contribution in [0.15, 0.2) is 16.3 Å². The van der Waals surface area contributed by atoms with Crippen LogP contribution in [0, 0.1) is 17.8 Å². The quantitative estimate of drug-likeness (QED) is 0.770. The van der Waals surface area contributed by atoms with E-state index in [4.69, 9.17) is 10.8 Å². The number of nitrogens with two attached hydrogens (primary N) is 1. The number of alkyl halides is 4. The lowest BCUT2D eigenvalue weighted by atomic mass is 10.0. The first-order chi connectivity index (χ1) is 8.69. The van der Waals surface area contributed by atoms with Crippen molar-refractivity contribution in [1.29, 1.82) is 0 Å². The summed E-state index contributed by atoms with van der Waals surface area (Å²) < 4.78 is 53.2. The summed E-state index contributed by atoms with van der Waals surface area (Å²) in [6, 6.07) is 0. The van der Waals surface area contributed by atoms with Crippen molar-refractivity contribution in [3.63, 3.8) is 0 Å². The molecular weight excluding hydrogens is 268 g/mol. The fraction of sp³-hybridized carbons (Fsp3) is 0.636. The van der Waals surface area contributed by atoms with Crippen LogP contribution in [0.25, 0.3) is 0 Å². The van der Waals surface area contributed by atoms with Crippen LogP contribution < -0.4 is 5.73 Å². The van der Waals surface area contributed by atoms with Gasteiger partial charge in [-0.15, -0.1) is 0 Å². The number of carbonyl (C=O) groups is 1. The van der Waals surface area contributed by atoms with E-state index in [-0.39, 0.29) is 5.57 Å². The van der Waals surface area contributed by atoms with Gasteiger partial charge in [-0.25, -0.2) is 8.78 Å². The zero-order chi connectivity index (χ0) is 14.5. The highest BCUT2D eigenvalue weighted by Gasteiger charge is 2.72. The van der Waals surface area contributed by atoms with Gasteiger partial charge in [0.25, 0.3) is 12.3 Å². The van der Waals surface area contributed by atoms with Crippen molar-refractivity contribution >= 4 is 11.7 Å². The number of fused-ring (bicyclic) bond motifs is 1. The average molecular weight is 280 g/mol. The lowest BCUT2D eigenvalue weighted by Gasteiger charge is -2.17. The summed E-state index contributed by atoms with van der Waals surface area (Å²) in [6.45, 7) is 0.634. The van der Waals surface area contributed by atoms with Gasteiger partial charge in [0, 0.05) is 17.4 Å². The third-order valence-corrected chi connectivity index (χ3v) is 3.62. The average Bonchev–Trinajstić information content (AvgIpc) is 2.86. The van der Waals surface area contributed by atoms with Crippen LogP contribution in [-0.4, -0.2) is 35.7 Å². The number of hydrogen-bond donors (Lipinski definition) is 2. The highest BCUT2D eigenvalue weighted by molar-refractivity contribution is 6.11. The van der Waals surface area contributed by atoms with E-state index in [2.05, 4.69) is 4.99 Å². The molecule has 0 bridgehead atoms. The first-order valence-corrected chi connectivity index (χ1v) is 5.62. The molecule has 2 aliphatic carbocycles. The standard InChI is InChI=1S/C11H12F4N2O2/c1-3-5-6(8(16)10(12)13)9(17-2-4(18)19)11(14,15)7(3)5/h3,5,7,10H,2,16H2,1H3,(H,18,19). The largest absolute Gasteiger partial charge is 0.480 e. The Morgan fingerprint density at radius 2 is 2.11 bits per heavy atom. The van der Waals surface area contributed by atoms with E-state index in [1.165, 1.54) is 6.92 Å². The Kier molecular flexibility index (Phi) is 3.06. The van der Waals surface area contributed by atoms with Gasteiger partial charge >= 0.3 is 5.97 Å². The number of aliphatic carboxylic acids is 1. The maximum Gasteiger partial charge on any atom is 0.325 e. The summed E-state index contributed by atoms with van der Waals surface area (Å²) in [4.78, 5) is 13.7. The molecule has 0 aromatic carbocycles. The van der Waals surface area contributed by atoms with E-state index in [1.54, 1.807) is 0 Å². The van der Waals surface area contributed by atoms with Crippen LogP contribution in [0.2, 0.25) is 0 Å². The molecule has 0 saturated heterocycles. The molecule has 4 nitrogen and oxygen atoms in total. The SMILES string of the molecule is CC1C2C(=C(N)C(F)F)C(=NCC(=O)O)C(F)(F)C12. The molecule has 3 unspecified atom stereocenters. The second-order valence-electron chi connectivity index (χ2n) is 4.76. The highest BCUT2D eigenvalue weighted by atomic mass is 19.3. The minimum Gasteiger partial charge on any atom is -0.480 e. The molecule has 0 heterocycles. The predicted molar refractivity (Wildman–Crippen MR) is 58.2 cm³/mol. The van der Waals surface area contributed by atoms with Gasteiger partial charge in [-0.1, -0.05) is 6.92 Å². The number of rotatable bonds is 3. The molecule has 2 saturated carbocycles. The lowest BCUT2D eigenvalue weighted by molar-refractivity contribution is -0.135. The zero-order valence-electron chi connectivity index (χ0n) is 9.91. The first kappa shape index (κ1) is 13.8. The zero-order valence-corrected chi connectivity index (χ0v) is 9.91. The van der Waals surface area contributed by atoms with Gasteiger partial charge in [0.05, 0.1) is 5.70 Å². The maximum atomic E-state index is 14.0. The van der Waals surface area contributed by atoms with E-state index in [1.807, 2.05) is 0 Å². The minimum atomic E-state index is -3.39. The molecule has 3 N–H and O–H groups in total. The summed E-state index contributed by atoms with van der Waals surface area (Å²) in [6.07, 6.45) is -3.06. The molecule has 8 heteroatoms. The Bertz CT molecular complexity index is 487. The van der Waals surface area contributed by atoms with Crippen LogP contribution in [-0.2, 0) is 4.79 Å². The Balaban J connectivity index is 2.47. The fourth-order valence-electron chi connectivity index (χ4n) is 2.74. The Hall–Kier alpha value is -1.60. The molecule has 106 valence electrons. The number of allylic oxidation sites excluding steroid dienone is 2. The maximum absolute atomic E-state index is 14.0. The van der Waals surface area contributed by atoms with Gasteiger partial charge in [0.1, 0.15) is 12.3 Å². The van der Waals surface area contributed by atoms with Gasteiger partial charge in [-0.3, -0.25) is 9.79 Å². The predicted octanol–water partition coefficient (Wildman–Crippen LogP) is 1.52. The fourth-order valence-corrected chi connectivity index (χ4v) is 2.74. The van der Waals surface area contributed by atoms with Crippen molar-refractivity contribution in [2.45, 2.75) is 19.3 Å². The molecule has 0 aromatic rings. The van der Waals surface area contributed by atoms with Gasteiger partial charge < -0.3 is 10.8 Å². The Morgan fingerprint density at radius 3 is 2.58 bits per heavy atom. The summed E-state index contributed by atoms with van der Waals surface area (Å²) in [5, 5.41) is 8.46. The molecule has 3 atom stereocenters. The van der Waals surface area contributed by atoms with Crippen molar-refractivity contribution < 1.29 is 27.5 Å². The van der Waals surface area contributed by atoms with Gasteiger partial charge in [0.15, 0.2) is 0 Å². The van der Waals surface area contributed by atoms with E-state index in [0.29, 0.717) is 0 Å². The number of aliphatic imine (C=N–C) groups is 1. The van der Waals surface area contributed by atoms with Gasteiger partial charge in [0.2, 0.25) is 0 Å². The molecule has 0 radical (unpaired) electrons. The number of carboxylic acids is 1. The summed E-state index contributed by atoms with van der Waals surface area (Å²) in [5.41, 5.74) is 3.01. The van der Waals surface area contributed by atoms with Crippen LogP contribution in [0.3, 0.4) is 0 Å². The van der Waals surface area contributed by atoms with Crippen LogP contribution in [0.1, 0.15) is 6.92 Å².